The lowest BCUT2D eigenvalue weighted by molar-refractivity contribution is -0.125. The van der Waals surface area contributed by atoms with Gasteiger partial charge in [0, 0.05) is 19.5 Å². The van der Waals surface area contributed by atoms with Gasteiger partial charge in [-0.15, -0.1) is 0 Å². The van der Waals surface area contributed by atoms with Crippen LogP contribution in [0, 0.1) is 0 Å². The highest BCUT2D eigenvalue weighted by atomic mass is 16.5. The summed E-state index contributed by atoms with van der Waals surface area (Å²) in [6, 6.07) is 13.9. The van der Waals surface area contributed by atoms with E-state index >= 15 is 0 Å². The van der Waals surface area contributed by atoms with Gasteiger partial charge in [0.1, 0.15) is 18.1 Å². The molecule has 3 amide bonds. The van der Waals surface area contributed by atoms with Crippen LogP contribution in [0.15, 0.2) is 54.6 Å². The second kappa shape index (κ2) is 11.1. The van der Waals surface area contributed by atoms with Crippen LogP contribution in [0.1, 0.15) is 11.1 Å². The fraction of sp³-hybridized carbons (Fsp3) is 0.348. The number of benzene rings is 2. The van der Waals surface area contributed by atoms with Gasteiger partial charge in [-0.2, -0.15) is 0 Å². The number of morpholine rings is 1. The van der Waals surface area contributed by atoms with Crippen molar-refractivity contribution < 1.29 is 24.2 Å². The molecule has 0 bridgehead atoms. The summed E-state index contributed by atoms with van der Waals surface area (Å²) in [5.41, 5.74) is 1.69. The van der Waals surface area contributed by atoms with Gasteiger partial charge in [0.25, 0.3) is 0 Å². The molecule has 0 spiro atoms. The Balaban J connectivity index is 1.68. The molecule has 2 atom stereocenters. The standard InChI is InChI=1S/C23H27N3O5/c27-16-19(14-18-6-8-20(28)9-7-18)24-22(29)21(15-17-4-2-1-3-5-17)25-23(30)26-10-12-31-13-11-26/h1-9,16,19,21,28H,10-15H2,(H,24,29)(H,25,30)/t19-,21-/m0/s1. The molecule has 8 heteroatoms. The minimum Gasteiger partial charge on any atom is -0.508 e. The van der Waals surface area contributed by atoms with Gasteiger partial charge in [-0.25, -0.2) is 4.79 Å². The fourth-order valence-electron chi connectivity index (χ4n) is 3.37. The Morgan fingerprint density at radius 2 is 1.61 bits per heavy atom. The van der Waals surface area contributed by atoms with E-state index in [1.807, 2.05) is 30.3 Å². The summed E-state index contributed by atoms with van der Waals surface area (Å²) in [6.07, 6.45) is 1.26. The van der Waals surface area contributed by atoms with Gasteiger partial charge in [0.15, 0.2) is 0 Å². The first-order valence-corrected chi connectivity index (χ1v) is 10.3. The van der Waals surface area contributed by atoms with Crippen molar-refractivity contribution in [2.75, 3.05) is 26.3 Å². The van der Waals surface area contributed by atoms with Crippen LogP contribution < -0.4 is 10.6 Å². The first-order valence-electron chi connectivity index (χ1n) is 10.3. The van der Waals surface area contributed by atoms with Crippen LogP contribution in [-0.4, -0.2) is 66.6 Å². The van der Waals surface area contributed by atoms with Gasteiger partial charge in [-0.05, 0) is 29.7 Å². The highest BCUT2D eigenvalue weighted by molar-refractivity contribution is 5.89. The summed E-state index contributed by atoms with van der Waals surface area (Å²) in [5, 5.41) is 14.9. The zero-order chi connectivity index (χ0) is 22.1. The number of ether oxygens (including phenoxy) is 1. The predicted octanol–water partition coefficient (Wildman–Crippen LogP) is 1.27. The molecule has 3 rings (SSSR count). The maximum atomic E-state index is 13.0. The molecule has 0 saturated carbocycles. The first kappa shape index (κ1) is 22.3. The van der Waals surface area contributed by atoms with Crippen molar-refractivity contribution in [3.05, 3.63) is 65.7 Å². The average molecular weight is 425 g/mol. The Morgan fingerprint density at radius 3 is 2.26 bits per heavy atom. The van der Waals surface area contributed by atoms with Gasteiger partial charge in [0.2, 0.25) is 5.91 Å². The lowest BCUT2D eigenvalue weighted by Gasteiger charge is -2.29. The van der Waals surface area contributed by atoms with Crippen molar-refractivity contribution in [2.24, 2.45) is 0 Å². The van der Waals surface area contributed by atoms with Crippen molar-refractivity contribution >= 4 is 18.2 Å². The number of carbonyl (C=O) groups excluding carboxylic acids is 3. The summed E-state index contributed by atoms with van der Waals surface area (Å²) in [4.78, 5) is 38.9. The van der Waals surface area contributed by atoms with E-state index in [1.54, 1.807) is 17.0 Å². The second-order valence-electron chi connectivity index (χ2n) is 7.41. The molecule has 2 aromatic carbocycles. The third-order valence-corrected chi connectivity index (χ3v) is 5.08. The molecule has 164 valence electrons. The molecule has 0 unspecified atom stereocenters. The molecule has 1 saturated heterocycles. The van der Waals surface area contributed by atoms with Crippen LogP contribution in [-0.2, 0) is 27.2 Å². The molecule has 0 aromatic heterocycles. The van der Waals surface area contributed by atoms with Crippen molar-refractivity contribution in [1.29, 1.82) is 0 Å². The van der Waals surface area contributed by atoms with Crippen molar-refractivity contribution in [1.82, 2.24) is 15.5 Å². The van der Waals surface area contributed by atoms with Crippen molar-refractivity contribution in [2.45, 2.75) is 24.9 Å². The summed E-state index contributed by atoms with van der Waals surface area (Å²) < 4.78 is 5.27. The lowest BCUT2D eigenvalue weighted by atomic mass is 10.0. The molecular formula is C23H27N3O5. The number of nitrogens with one attached hydrogen (secondary N) is 2. The zero-order valence-corrected chi connectivity index (χ0v) is 17.2. The fourth-order valence-corrected chi connectivity index (χ4v) is 3.37. The monoisotopic (exact) mass is 425 g/mol. The van der Waals surface area contributed by atoms with Gasteiger partial charge in [0.05, 0.1) is 19.3 Å². The molecule has 1 fully saturated rings. The van der Waals surface area contributed by atoms with Crippen LogP contribution in [0.25, 0.3) is 0 Å². The highest BCUT2D eigenvalue weighted by Crippen LogP contribution is 2.11. The molecular weight excluding hydrogens is 398 g/mol. The molecule has 8 nitrogen and oxygen atoms in total. The molecule has 1 aliphatic heterocycles. The minimum absolute atomic E-state index is 0.129. The minimum atomic E-state index is -0.833. The van der Waals surface area contributed by atoms with Crippen molar-refractivity contribution in [3.8, 4) is 5.75 Å². The van der Waals surface area contributed by atoms with Gasteiger partial charge >= 0.3 is 6.03 Å². The quantitative estimate of drug-likeness (QED) is 0.552. The van der Waals surface area contributed by atoms with Gasteiger partial charge in [-0.3, -0.25) is 4.79 Å². The largest absolute Gasteiger partial charge is 0.508 e. The third kappa shape index (κ3) is 6.82. The van der Waals surface area contributed by atoms with E-state index in [9.17, 15) is 19.5 Å². The van der Waals surface area contributed by atoms with E-state index in [0.29, 0.717) is 39.0 Å². The molecule has 2 aromatic rings. The Labute approximate surface area is 181 Å². The van der Waals surface area contributed by atoms with Crippen LogP contribution in [0.4, 0.5) is 4.79 Å². The number of carbonyl (C=O) groups is 3. The number of rotatable bonds is 8. The topological polar surface area (TPSA) is 108 Å². The predicted molar refractivity (Wildman–Crippen MR) is 115 cm³/mol. The number of hydrogen-bond donors (Lipinski definition) is 3. The maximum Gasteiger partial charge on any atom is 0.318 e. The Morgan fingerprint density at radius 1 is 0.968 bits per heavy atom. The highest BCUT2D eigenvalue weighted by Gasteiger charge is 2.26. The smallest absolute Gasteiger partial charge is 0.318 e. The lowest BCUT2D eigenvalue weighted by Crippen LogP contribution is -2.55. The number of phenols is 1. The summed E-state index contributed by atoms with van der Waals surface area (Å²) in [5.74, 6) is -0.300. The Kier molecular flexibility index (Phi) is 8.00. The number of phenolic OH excluding ortho intramolecular Hbond substituents is 1. The number of aldehydes is 1. The van der Waals surface area contributed by atoms with Gasteiger partial charge < -0.3 is 30.2 Å². The van der Waals surface area contributed by atoms with Crippen LogP contribution >= 0.6 is 0 Å². The number of hydrogen-bond acceptors (Lipinski definition) is 5. The number of amides is 3. The maximum absolute atomic E-state index is 13.0. The Hall–Kier alpha value is -3.39. The number of aromatic hydroxyl groups is 1. The van der Waals surface area contributed by atoms with E-state index in [-0.39, 0.29) is 18.2 Å². The van der Waals surface area contributed by atoms with E-state index in [0.717, 1.165) is 11.1 Å². The summed E-state index contributed by atoms with van der Waals surface area (Å²) in [7, 11) is 0. The van der Waals surface area contributed by atoms with E-state index in [1.165, 1.54) is 12.1 Å². The van der Waals surface area contributed by atoms with Crippen LogP contribution in [0.2, 0.25) is 0 Å². The zero-order valence-electron chi connectivity index (χ0n) is 17.2. The third-order valence-electron chi connectivity index (χ3n) is 5.08. The molecule has 0 radical (unpaired) electrons. The van der Waals surface area contributed by atoms with Crippen LogP contribution in [0.3, 0.4) is 0 Å². The molecule has 3 N–H and O–H groups in total. The first-order chi connectivity index (χ1) is 15.0. The van der Waals surface area contributed by atoms with Crippen LogP contribution in [0.5, 0.6) is 5.75 Å². The summed E-state index contributed by atoms with van der Waals surface area (Å²) >= 11 is 0. The van der Waals surface area contributed by atoms with E-state index < -0.39 is 18.0 Å². The normalized spacial score (nSPS) is 15.5. The molecule has 1 aliphatic rings. The average Bonchev–Trinajstić information content (AvgIpc) is 2.80. The molecule has 31 heavy (non-hydrogen) atoms. The van der Waals surface area contributed by atoms with Gasteiger partial charge in [-0.1, -0.05) is 42.5 Å². The van der Waals surface area contributed by atoms with E-state index in [2.05, 4.69) is 10.6 Å². The summed E-state index contributed by atoms with van der Waals surface area (Å²) in [6.45, 7) is 1.85. The van der Waals surface area contributed by atoms with Crippen molar-refractivity contribution in [3.63, 3.8) is 0 Å². The Bertz CT molecular complexity index is 867. The molecule has 1 heterocycles. The second-order valence-corrected chi connectivity index (χ2v) is 7.41. The molecule has 0 aliphatic carbocycles. The van der Waals surface area contributed by atoms with E-state index in [4.69, 9.17) is 4.74 Å². The number of nitrogens with zero attached hydrogens (tertiary/aromatic N) is 1. The SMILES string of the molecule is O=C[C@H](Cc1ccc(O)cc1)NC(=O)[C@H](Cc1ccccc1)NC(=O)N1CCOCC1. The number of urea groups is 1.